The first kappa shape index (κ1) is 19.1. The molecule has 0 amide bonds. The summed E-state index contributed by atoms with van der Waals surface area (Å²) in [6.45, 7) is 8.63. The fraction of sp³-hybridized carbons (Fsp3) is 0.292. The molecule has 1 heterocycles. The molecule has 3 nitrogen and oxygen atoms in total. The Kier molecular flexibility index (Phi) is 6.25. The van der Waals surface area contributed by atoms with Crippen LogP contribution in [0.15, 0.2) is 66.9 Å². The molecule has 140 valence electrons. The fourth-order valence-corrected chi connectivity index (χ4v) is 3.48. The average Bonchev–Trinajstić information content (AvgIpc) is 3.10. The topological polar surface area (TPSA) is 25.2 Å². The molecule has 3 heteroatoms. The van der Waals surface area contributed by atoms with Gasteiger partial charge in [-0.15, -0.1) is 0 Å². The van der Waals surface area contributed by atoms with Crippen LogP contribution in [0.1, 0.15) is 36.3 Å². The normalized spacial score (nSPS) is 11.1. The zero-order chi connectivity index (χ0) is 19.2. The van der Waals surface area contributed by atoms with Crippen LogP contribution in [-0.2, 0) is 0 Å². The second kappa shape index (κ2) is 8.83. The van der Waals surface area contributed by atoms with Crippen molar-refractivity contribution in [2.45, 2.75) is 27.2 Å². The molecule has 0 N–H and O–H groups in total. The molecule has 27 heavy (non-hydrogen) atoms. The van der Waals surface area contributed by atoms with Gasteiger partial charge >= 0.3 is 0 Å². The predicted octanol–water partition coefficient (Wildman–Crippen LogP) is 5.37. The van der Waals surface area contributed by atoms with Crippen LogP contribution in [0.2, 0.25) is 0 Å². The quantitative estimate of drug-likeness (QED) is 0.505. The zero-order valence-electron chi connectivity index (χ0n) is 16.5. The van der Waals surface area contributed by atoms with Crippen LogP contribution in [-0.4, -0.2) is 34.9 Å². The molecule has 1 aromatic heterocycles. The van der Waals surface area contributed by atoms with Crippen molar-refractivity contribution in [1.29, 1.82) is 0 Å². The molecule has 0 fully saturated rings. The highest BCUT2D eigenvalue weighted by Crippen LogP contribution is 2.23. The van der Waals surface area contributed by atoms with Gasteiger partial charge in [0.25, 0.3) is 0 Å². The lowest BCUT2D eigenvalue weighted by Crippen LogP contribution is -2.30. The summed E-state index contributed by atoms with van der Waals surface area (Å²) in [5, 5.41) is 0. The number of nitrogens with zero attached hydrogens (tertiary/aromatic N) is 2. The van der Waals surface area contributed by atoms with E-state index in [1.165, 1.54) is 11.1 Å². The third kappa shape index (κ3) is 4.37. The average molecular weight is 361 g/mol. The van der Waals surface area contributed by atoms with Crippen molar-refractivity contribution in [1.82, 2.24) is 9.47 Å². The molecule has 0 saturated heterocycles. The Bertz CT molecular complexity index is 879. The monoisotopic (exact) mass is 360 g/mol. The molecular weight excluding hydrogens is 332 g/mol. The Balaban J connectivity index is 1.79. The van der Waals surface area contributed by atoms with Crippen molar-refractivity contribution >= 4 is 5.78 Å². The number of likely N-dealkylation sites (N-methyl/N-ethyl adjacent to an activating group) is 1. The van der Waals surface area contributed by atoms with Gasteiger partial charge in [-0.1, -0.05) is 56.3 Å². The number of carbonyl (C=O) groups is 1. The number of aromatic nitrogens is 1. The van der Waals surface area contributed by atoms with Gasteiger partial charge in [-0.25, -0.2) is 0 Å². The lowest BCUT2D eigenvalue weighted by atomic mass is 10.1. The van der Waals surface area contributed by atoms with Crippen LogP contribution in [0.25, 0.3) is 16.8 Å². The van der Waals surface area contributed by atoms with Gasteiger partial charge in [-0.05, 0) is 55.8 Å². The van der Waals surface area contributed by atoms with Gasteiger partial charge in [-0.2, -0.15) is 0 Å². The molecule has 0 atom stereocenters. The van der Waals surface area contributed by atoms with E-state index in [-0.39, 0.29) is 5.78 Å². The number of carbonyl (C=O) groups excluding carboxylic acids is 1. The first-order valence-electron chi connectivity index (χ1n) is 9.73. The molecular formula is C24H28N2O. The number of ketones is 1. The van der Waals surface area contributed by atoms with Crippen molar-refractivity contribution in [3.05, 3.63) is 78.1 Å². The zero-order valence-corrected chi connectivity index (χ0v) is 16.5. The maximum atomic E-state index is 12.7. The van der Waals surface area contributed by atoms with E-state index in [1.807, 2.05) is 25.3 Å². The van der Waals surface area contributed by atoms with E-state index in [0.29, 0.717) is 6.54 Å². The van der Waals surface area contributed by atoms with Crippen molar-refractivity contribution in [2.24, 2.45) is 0 Å². The van der Waals surface area contributed by atoms with Crippen molar-refractivity contribution < 1.29 is 4.79 Å². The second-order valence-electron chi connectivity index (χ2n) is 6.89. The Hall–Kier alpha value is -2.65. The Morgan fingerprint density at radius 1 is 0.926 bits per heavy atom. The van der Waals surface area contributed by atoms with Crippen LogP contribution in [0.5, 0.6) is 0 Å². The summed E-state index contributed by atoms with van der Waals surface area (Å²) in [6.07, 6.45) is 3.06. The minimum absolute atomic E-state index is 0.197. The van der Waals surface area contributed by atoms with Crippen molar-refractivity contribution in [2.75, 3.05) is 19.6 Å². The highest BCUT2D eigenvalue weighted by molar-refractivity contribution is 5.98. The van der Waals surface area contributed by atoms with Gasteiger partial charge in [0.1, 0.15) is 0 Å². The summed E-state index contributed by atoms with van der Waals surface area (Å²) < 4.78 is 2.10. The molecule has 3 aromatic rings. The molecule has 0 radical (unpaired) electrons. The maximum Gasteiger partial charge on any atom is 0.178 e. The highest BCUT2D eigenvalue weighted by atomic mass is 16.1. The number of benzene rings is 2. The third-order valence-electron chi connectivity index (χ3n) is 5.05. The Morgan fingerprint density at radius 3 is 2.22 bits per heavy atom. The van der Waals surface area contributed by atoms with Crippen LogP contribution in [0.3, 0.4) is 0 Å². The minimum Gasteiger partial charge on any atom is -0.320 e. The van der Waals surface area contributed by atoms with E-state index in [0.717, 1.165) is 36.5 Å². The summed E-state index contributed by atoms with van der Waals surface area (Å²) >= 11 is 0. The smallest absolute Gasteiger partial charge is 0.178 e. The van der Waals surface area contributed by atoms with E-state index in [4.69, 9.17) is 0 Å². The van der Waals surface area contributed by atoms with E-state index >= 15 is 0 Å². The van der Waals surface area contributed by atoms with Crippen LogP contribution in [0, 0.1) is 6.92 Å². The van der Waals surface area contributed by atoms with Crippen LogP contribution in [0.4, 0.5) is 0 Å². The molecule has 0 aliphatic rings. The molecule has 0 aliphatic heterocycles. The van der Waals surface area contributed by atoms with Gasteiger partial charge in [0.2, 0.25) is 0 Å². The predicted molar refractivity (Wildman–Crippen MR) is 113 cm³/mol. The SMILES string of the molecule is CCCN(CC)CC(=O)c1ccn(-c2ccc(-c3ccccc3)cc2)c1C. The first-order valence-corrected chi connectivity index (χ1v) is 9.73. The highest BCUT2D eigenvalue weighted by Gasteiger charge is 2.16. The van der Waals surface area contributed by atoms with Crippen LogP contribution >= 0.6 is 0 Å². The molecule has 0 saturated carbocycles. The lowest BCUT2D eigenvalue weighted by Gasteiger charge is -2.18. The second-order valence-corrected chi connectivity index (χ2v) is 6.89. The fourth-order valence-electron chi connectivity index (χ4n) is 3.48. The van der Waals surface area contributed by atoms with E-state index in [9.17, 15) is 4.79 Å². The summed E-state index contributed by atoms with van der Waals surface area (Å²) in [6, 6.07) is 20.8. The van der Waals surface area contributed by atoms with Gasteiger partial charge in [-0.3, -0.25) is 9.69 Å². The summed E-state index contributed by atoms with van der Waals surface area (Å²) in [5.74, 6) is 0.197. The van der Waals surface area contributed by atoms with Gasteiger partial charge in [0.05, 0.1) is 6.54 Å². The summed E-state index contributed by atoms with van der Waals surface area (Å²) in [5.41, 5.74) is 5.29. The van der Waals surface area contributed by atoms with E-state index in [1.54, 1.807) is 0 Å². The van der Waals surface area contributed by atoms with E-state index < -0.39 is 0 Å². The van der Waals surface area contributed by atoms with Crippen molar-refractivity contribution in [3.63, 3.8) is 0 Å². The first-order chi connectivity index (χ1) is 13.1. The van der Waals surface area contributed by atoms with Gasteiger partial charge in [0, 0.05) is 23.1 Å². The minimum atomic E-state index is 0.197. The maximum absolute atomic E-state index is 12.7. The molecule has 3 rings (SSSR count). The molecule has 2 aromatic carbocycles. The molecule has 0 aliphatic carbocycles. The number of hydrogen-bond donors (Lipinski definition) is 0. The van der Waals surface area contributed by atoms with E-state index in [2.05, 4.69) is 71.8 Å². The summed E-state index contributed by atoms with van der Waals surface area (Å²) in [4.78, 5) is 14.9. The standard InChI is InChI=1S/C24H28N2O/c1-4-16-25(5-2)18-24(27)23-15-17-26(19(23)3)22-13-11-21(12-14-22)20-9-7-6-8-10-20/h6-15,17H,4-5,16,18H2,1-3H3. The van der Waals surface area contributed by atoms with Crippen LogP contribution < -0.4 is 0 Å². The third-order valence-corrected chi connectivity index (χ3v) is 5.05. The number of rotatable bonds is 8. The summed E-state index contributed by atoms with van der Waals surface area (Å²) in [7, 11) is 0. The lowest BCUT2D eigenvalue weighted by molar-refractivity contribution is 0.0933. The molecule has 0 unspecified atom stereocenters. The molecule has 0 bridgehead atoms. The largest absolute Gasteiger partial charge is 0.320 e. The number of Topliss-reactive ketones (excluding diaryl/α,β-unsaturated/α-hetero) is 1. The molecule has 0 spiro atoms. The van der Waals surface area contributed by atoms with Crippen molar-refractivity contribution in [3.8, 4) is 16.8 Å². The van der Waals surface area contributed by atoms with Gasteiger partial charge < -0.3 is 4.57 Å². The van der Waals surface area contributed by atoms with Gasteiger partial charge in [0.15, 0.2) is 5.78 Å². The Labute approximate surface area is 162 Å². The number of hydrogen-bond acceptors (Lipinski definition) is 2. The Morgan fingerprint density at radius 2 is 1.59 bits per heavy atom.